The largest absolute Gasteiger partial charge is 0.497 e. The maximum absolute atomic E-state index is 12.7. The summed E-state index contributed by atoms with van der Waals surface area (Å²) in [7, 11) is 7.51. The Balaban J connectivity index is 2.24. The number of rotatable bonds is 4. The SMILES string of the molecule is COc1ccc2c(c1)c1cnn(CCN(C)C)c(=O)c1n2C. The summed E-state index contributed by atoms with van der Waals surface area (Å²) in [4.78, 5) is 14.7. The molecule has 6 heteroatoms. The predicted octanol–water partition coefficient (Wildman–Crippen LogP) is 1.46. The van der Waals surface area contributed by atoms with E-state index in [4.69, 9.17) is 4.74 Å². The fourth-order valence-electron chi connectivity index (χ4n) is 2.72. The van der Waals surface area contributed by atoms with Crippen molar-refractivity contribution in [2.45, 2.75) is 6.54 Å². The molecule has 1 aromatic carbocycles. The number of benzene rings is 1. The van der Waals surface area contributed by atoms with Gasteiger partial charge in [0.2, 0.25) is 0 Å². The Labute approximate surface area is 128 Å². The highest BCUT2D eigenvalue weighted by atomic mass is 16.5. The lowest BCUT2D eigenvalue weighted by Gasteiger charge is -2.10. The second kappa shape index (κ2) is 5.46. The van der Waals surface area contributed by atoms with Gasteiger partial charge >= 0.3 is 0 Å². The summed E-state index contributed by atoms with van der Waals surface area (Å²) in [5, 5.41) is 6.17. The van der Waals surface area contributed by atoms with Gasteiger partial charge in [0.1, 0.15) is 11.3 Å². The van der Waals surface area contributed by atoms with Crippen molar-refractivity contribution in [2.75, 3.05) is 27.7 Å². The van der Waals surface area contributed by atoms with Crippen molar-refractivity contribution in [2.24, 2.45) is 7.05 Å². The summed E-state index contributed by atoms with van der Waals surface area (Å²) in [6.45, 7) is 1.35. The monoisotopic (exact) mass is 300 g/mol. The van der Waals surface area contributed by atoms with E-state index in [0.29, 0.717) is 12.1 Å². The van der Waals surface area contributed by atoms with Gasteiger partial charge in [-0.15, -0.1) is 0 Å². The molecule has 2 heterocycles. The van der Waals surface area contributed by atoms with Crippen LogP contribution in [0.2, 0.25) is 0 Å². The van der Waals surface area contributed by atoms with Gasteiger partial charge in [-0.25, -0.2) is 4.68 Å². The van der Waals surface area contributed by atoms with E-state index in [1.807, 2.05) is 48.8 Å². The fraction of sp³-hybridized carbons (Fsp3) is 0.375. The number of aromatic nitrogens is 3. The van der Waals surface area contributed by atoms with E-state index in [-0.39, 0.29) is 5.56 Å². The van der Waals surface area contributed by atoms with Crippen LogP contribution in [-0.4, -0.2) is 47.0 Å². The number of ether oxygens (including phenoxy) is 1. The molecule has 0 aliphatic heterocycles. The lowest BCUT2D eigenvalue weighted by atomic mass is 10.2. The molecule has 3 aromatic rings. The number of nitrogens with zero attached hydrogens (tertiary/aromatic N) is 4. The zero-order valence-electron chi connectivity index (χ0n) is 13.3. The van der Waals surface area contributed by atoms with Gasteiger partial charge in [-0.1, -0.05) is 0 Å². The van der Waals surface area contributed by atoms with Gasteiger partial charge in [-0.05, 0) is 32.3 Å². The Morgan fingerprint density at radius 2 is 2.05 bits per heavy atom. The normalized spacial score (nSPS) is 11.7. The molecular formula is C16H20N4O2. The molecule has 0 aliphatic carbocycles. The molecule has 0 atom stereocenters. The highest BCUT2D eigenvalue weighted by molar-refractivity contribution is 6.07. The smallest absolute Gasteiger partial charge is 0.291 e. The van der Waals surface area contributed by atoms with Gasteiger partial charge in [0.05, 0.1) is 19.9 Å². The Morgan fingerprint density at radius 1 is 1.27 bits per heavy atom. The second-order valence-electron chi connectivity index (χ2n) is 5.68. The summed E-state index contributed by atoms with van der Waals surface area (Å²) in [5.41, 5.74) is 1.62. The zero-order valence-corrected chi connectivity index (χ0v) is 13.3. The van der Waals surface area contributed by atoms with Gasteiger partial charge < -0.3 is 14.2 Å². The van der Waals surface area contributed by atoms with Crippen LogP contribution >= 0.6 is 0 Å². The molecule has 0 aliphatic rings. The molecule has 2 aromatic heterocycles. The number of hydrogen-bond donors (Lipinski definition) is 0. The van der Waals surface area contributed by atoms with Crippen LogP contribution < -0.4 is 10.3 Å². The first kappa shape index (κ1) is 14.6. The molecule has 0 unspecified atom stereocenters. The first-order valence-corrected chi connectivity index (χ1v) is 7.20. The molecule has 116 valence electrons. The minimum Gasteiger partial charge on any atom is -0.497 e. The molecule has 0 spiro atoms. The van der Waals surface area contributed by atoms with E-state index < -0.39 is 0 Å². The molecule has 0 N–H and O–H groups in total. The average Bonchev–Trinajstić information content (AvgIpc) is 2.79. The molecule has 0 bridgehead atoms. The highest BCUT2D eigenvalue weighted by Gasteiger charge is 2.14. The molecule has 6 nitrogen and oxygen atoms in total. The van der Waals surface area contributed by atoms with Crippen LogP contribution in [0.25, 0.3) is 21.8 Å². The van der Waals surface area contributed by atoms with Crippen molar-refractivity contribution < 1.29 is 4.74 Å². The zero-order chi connectivity index (χ0) is 15.9. The van der Waals surface area contributed by atoms with Crippen molar-refractivity contribution in [1.82, 2.24) is 19.2 Å². The van der Waals surface area contributed by atoms with E-state index in [1.165, 1.54) is 4.68 Å². The van der Waals surface area contributed by atoms with Crippen LogP contribution in [0.15, 0.2) is 29.2 Å². The Bertz CT molecular complexity index is 892. The molecule has 3 rings (SSSR count). The quantitative estimate of drug-likeness (QED) is 0.732. The van der Waals surface area contributed by atoms with Crippen LogP contribution in [-0.2, 0) is 13.6 Å². The molecule has 0 radical (unpaired) electrons. The first-order valence-electron chi connectivity index (χ1n) is 7.20. The van der Waals surface area contributed by atoms with E-state index in [9.17, 15) is 4.79 Å². The highest BCUT2D eigenvalue weighted by Crippen LogP contribution is 2.28. The topological polar surface area (TPSA) is 52.3 Å². The molecule has 0 fully saturated rings. The third kappa shape index (κ3) is 2.25. The summed E-state index contributed by atoms with van der Waals surface area (Å²) in [6.07, 6.45) is 1.77. The molecule has 0 amide bonds. The van der Waals surface area contributed by atoms with Crippen molar-refractivity contribution in [3.8, 4) is 5.75 Å². The van der Waals surface area contributed by atoms with Gasteiger partial charge in [-0.2, -0.15) is 5.10 Å². The molecule has 22 heavy (non-hydrogen) atoms. The molecular weight excluding hydrogens is 280 g/mol. The molecule has 0 saturated carbocycles. The maximum Gasteiger partial charge on any atom is 0.291 e. The predicted molar refractivity (Wildman–Crippen MR) is 87.6 cm³/mol. The lowest BCUT2D eigenvalue weighted by Crippen LogP contribution is -2.29. The van der Waals surface area contributed by atoms with Crippen LogP contribution in [0.3, 0.4) is 0 Å². The maximum atomic E-state index is 12.7. The van der Waals surface area contributed by atoms with Crippen molar-refractivity contribution >= 4 is 21.8 Å². The standard InChI is InChI=1S/C16H20N4O2/c1-18(2)7-8-20-16(21)15-13(10-17-20)12-9-11(22-4)5-6-14(12)19(15)3/h5-6,9-10H,7-8H2,1-4H3. The first-order chi connectivity index (χ1) is 10.5. The number of aryl methyl sites for hydroxylation is 1. The van der Waals surface area contributed by atoms with Crippen molar-refractivity contribution in [3.63, 3.8) is 0 Å². The van der Waals surface area contributed by atoms with Gasteiger partial charge in [0.25, 0.3) is 5.56 Å². The Hall–Kier alpha value is -2.34. The lowest BCUT2D eigenvalue weighted by molar-refractivity contribution is 0.368. The van der Waals surface area contributed by atoms with Gasteiger partial charge in [0.15, 0.2) is 0 Å². The Morgan fingerprint density at radius 3 is 2.73 bits per heavy atom. The third-order valence-corrected chi connectivity index (χ3v) is 3.97. The van der Waals surface area contributed by atoms with Crippen LogP contribution in [0, 0.1) is 0 Å². The van der Waals surface area contributed by atoms with Crippen LogP contribution in [0.5, 0.6) is 5.75 Å². The number of likely N-dealkylation sites (N-methyl/N-ethyl adjacent to an activating group) is 1. The number of fused-ring (bicyclic) bond motifs is 3. The van der Waals surface area contributed by atoms with Gasteiger partial charge in [-0.3, -0.25) is 4.79 Å². The van der Waals surface area contributed by atoms with Crippen LogP contribution in [0.1, 0.15) is 0 Å². The molecule has 0 saturated heterocycles. The van der Waals surface area contributed by atoms with Gasteiger partial charge in [0, 0.05) is 29.9 Å². The van der Waals surface area contributed by atoms with E-state index >= 15 is 0 Å². The summed E-state index contributed by atoms with van der Waals surface area (Å²) < 4.78 is 8.74. The number of hydrogen-bond acceptors (Lipinski definition) is 4. The Kier molecular flexibility index (Phi) is 3.62. The minimum absolute atomic E-state index is 0.0583. The van der Waals surface area contributed by atoms with E-state index in [1.54, 1.807) is 13.3 Å². The van der Waals surface area contributed by atoms with Crippen LogP contribution in [0.4, 0.5) is 0 Å². The third-order valence-electron chi connectivity index (χ3n) is 3.97. The summed E-state index contributed by atoms with van der Waals surface area (Å²) >= 11 is 0. The van der Waals surface area contributed by atoms with E-state index in [0.717, 1.165) is 28.6 Å². The van der Waals surface area contributed by atoms with E-state index in [2.05, 4.69) is 5.10 Å². The summed E-state index contributed by atoms with van der Waals surface area (Å²) in [6, 6.07) is 5.82. The second-order valence-corrected chi connectivity index (χ2v) is 5.68. The minimum atomic E-state index is -0.0583. The summed E-state index contributed by atoms with van der Waals surface area (Å²) in [5.74, 6) is 0.775. The fourth-order valence-corrected chi connectivity index (χ4v) is 2.72. The van der Waals surface area contributed by atoms with Crippen molar-refractivity contribution in [3.05, 3.63) is 34.7 Å². The number of methoxy groups -OCH3 is 1. The van der Waals surface area contributed by atoms with Crippen molar-refractivity contribution in [1.29, 1.82) is 0 Å². The average molecular weight is 300 g/mol.